The maximum Gasteiger partial charge on any atom is 0.414 e. The summed E-state index contributed by atoms with van der Waals surface area (Å²) in [5, 5.41) is 1.07. The van der Waals surface area contributed by atoms with E-state index >= 15 is 0 Å². The van der Waals surface area contributed by atoms with Crippen LogP contribution in [0.3, 0.4) is 0 Å². The van der Waals surface area contributed by atoms with Gasteiger partial charge in [-0.1, -0.05) is 6.07 Å². The molecule has 0 saturated heterocycles. The molecule has 0 bridgehead atoms. The van der Waals surface area contributed by atoms with Crippen LogP contribution in [0.25, 0.3) is 22.3 Å². The number of carbonyl (C=O) groups is 1. The summed E-state index contributed by atoms with van der Waals surface area (Å²) in [5.74, 6) is 0.809. The number of furan rings is 1. The molecule has 25 heavy (non-hydrogen) atoms. The zero-order valence-corrected chi connectivity index (χ0v) is 16.8. The number of rotatable bonds is 2. The van der Waals surface area contributed by atoms with Crippen LogP contribution in [0.4, 0.5) is 10.5 Å². The van der Waals surface area contributed by atoms with Gasteiger partial charge in [-0.25, -0.2) is 4.79 Å². The minimum absolute atomic E-state index is 0.376. The molecule has 3 rings (SSSR count). The largest absolute Gasteiger partial charge is 0.456 e. The Morgan fingerprint density at radius 2 is 1.76 bits per heavy atom. The third kappa shape index (κ3) is 4.15. The number of amides is 1. The van der Waals surface area contributed by atoms with Gasteiger partial charge in [0, 0.05) is 27.3 Å². The number of hydrogen-bond acceptors (Lipinski definition) is 3. The van der Waals surface area contributed by atoms with Gasteiger partial charge >= 0.3 is 6.09 Å². The van der Waals surface area contributed by atoms with Gasteiger partial charge in [0.05, 0.1) is 0 Å². The SMILES string of the molecule is CN(C(=O)OC(C)(C)C)c1ccc(-c2cc3ccc(I)cc3o2)cc1. The first kappa shape index (κ1) is 17.8. The van der Waals surface area contributed by atoms with Gasteiger partial charge < -0.3 is 9.15 Å². The molecule has 1 amide bonds. The molecular formula is C20H20INO3. The maximum absolute atomic E-state index is 12.1. The first-order chi connectivity index (χ1) is 11.7. The second-order valence-electron chi connectivity index (χ2n) is 6.88. The van der Waals surface area contributed by atoms with Crippen molar-refractivity contribution in [2.24, 2.45) is 0 Å². The lowest BCUT2D eigenvalue weighted by Crippen LogP contribution is -2.34. The Kier molecular flexibility index (Phi) is 4.77. The molecule has 0 unspecified atom stereocenters. The fourth-order valence-corrected chi connectivity index (χ4v) is 2.89. The predicted octanol–water partition coefficient (Wildman–Crippen LogP) is 6.08. The Labute approximate surface area is 160 Å². The second-order valence-corrected chi connectivity index (χ2v) is 8.12. The van der Waals surface area contributed by atoms with Crippen molar-refractivity contribution in [1.82, 2.24) is 0 Å². The first-order valence-corrected chi connectivity index (χ1v) is 9.07. The zero-order valence-electron chi connectivity index (χ0n) is 14.7. The van der Waals surface area contributed by atoms with Gasteiger partial charge in [-0.15, -0.1) is 0 Å². The highest BCUT2D eigenvalue weighted by Gasteiger charge is 2.20. The summed E-state index contributed by atoms with van der Waals surface area (Å²) in [6.07, 6.45) is -0.376. The second kappa shape index (κ2) is 6.71. The van der Waals surface area contributed by atoms with Crippen LogP contribution < -0.4 is 4.90 Å². The molecule has 0 atom stereocenters. The minimum atomic E-state index is -0.517. The topological polar surface area (TPSA) is 42.7 Å². The standard InChI is InChI=1S/C20H20INO3/c1-20(2,3)25-19(23)22(4)16-9-6-13(7-10-16)17-11-14-5-8-15(21)12-18(14)24-17/h5-12H,1-4H3. The van der Waals surface area contributed by atoms with Crippen LogP contribution in [0.2, 0.25) is 0 Å². The first-order valence-electron chi connectivity index (χ1n) is 7.99. The molecule has 0 aliphatic heterocycles. The van der Waals surface area contributed by atoms with E-state index in [0.29, 0.717) is 0 Å². The van der Waals surface area contributed by atoms with Crippen LogP contribution in [-0.4, -0.2) is 18.7 Å². The maximum atomic E-state index is 12.1. The minimum Gasteiger partial charge on any atom is -0.456 e. The summed E-state index contributed by atoms with van der Waals surface area (Å²) < 4.78 is 12.5. The molecule has 1 heterocycles. The van der Waals surface area contributed by atoms with E-state index in [1.165, 1.54) is 4.90 Å². The van der Waals surface area contributed by atoms with Crippen molar-refractivity contribution >= 4 is 45.3 Å². The monoisotopic (exact) mass is 449 g/mol. The molecule has 0 N–H and O–H groups in total. The highest BCUT2D eigenvalue weighted by Crippen LogP contribution is 2.30. The van der Waals surface area contributed by atoms with Gasteiger partial charge in [0.25, 0.3) is 0 Å². The van der Waals surface area contributed by atoms with Crippen LogP contribution in [0, 0.1) is 3.57 Å². The summed E-state index contributed by atoms with van der Waals surface area (Å²) in [6, 6.07) is 15.8. The highest BCUT2D eigenvalue weighted by molar-refractivity contribution is 14.1. The van der Waals surface area contributed by atoms with E-state index in [9.17, 15) is 4.79 Å². The zero-order chi connectivity index (χ0) is 18.2. The molecule has 4 nitrogen and oxygen atoms in total. The van der Waals surface area contributed by atoms with Crippen molar-refractivity contribution in [2.75, 3.05) is 11.9 Å². The number of nitrogens with zero attached hydrogens (tertiary/aromatic N) is 1. The van der Waals surface area contributed by atoms with Crippen molar-refractivity contribution < 1.29 is 13.9 Å². The molecule has 0 spiro atoms. The normalized spacial score (nSPS) is 11.6. The number of ether oxygens (including phenoxy) is 1. The van der Waals surface area contributed by atoms with Crippen LogP contribution in [0.5, 0.6) is 0 Å². The summed E-state index contributed by atoms with van der Waals surface area (Å²) >= 11 is 2.27. The number of halogens is 1. The smallest absolute Gasteiger partial charge is 0.414 e. The molecule has 3 aromatic rings. The Morgan fingerprint density at radius 3 is 2.40 bits per heavy atom. The van der Waals surface area contributed by atoms with E-state index in [2.05, 4.69) is 34.7 Å². The number of fused-ring (bicyclic) bond motifs is 1. The van der Waals surface area contributed by atoms with Gasteiger partial charge in [-0.05, 0) is 85.8 Å². The molecule has 0 aliphatic carbocycles. The van der Waals surface area contributed by atoms with Crippen molar-refractivity contribution in [3.63, 3.8) is 0 Å². The molecule has 5 heteroatoms. The lowest BCUT2D eigenvalue weighted by molar-refractivity contribution is 0.0589. The molecule has 0 radical (unpaired) electrons. The van der Waals surface area contributed by atoms with Crippen molar-refractivity contribution in [2.45, 2.75) is 26.4 Å². The van der Waals surface area contributed by atoms with E-state index in [1.807, 2.05) is 57.2 Å². The Hall–Kier alpha value is -2.02. The van der Waals surface area contributed by atoms with E-state index < -0.39 is 5.60 Å². The van der Waals surface area contributed by atoms with E-state index in [-0.39, 0.29) is 6.09 Å². The molecule has 1 aromatic heterocycles. The van der Waals surface area contributed by atoms with Crippen LogP contribution >= 0.6 is 22.6 Å². The van der Waals surface area contributed by atoms with Crippen molar-refractivity contribution in [3.8, 4) is 11.3 Å². The van der Waals surface area contributed by atoms with E-state index in [1.54, 1.807) is 7.05 Å². The van der Waals surface area contributed by atoms with Crippen molar-refractivity contribution in [3.05, 3.63) is 52.1 Å². The van der Waals surface area contributed by atoms with Crippen molar-refractivity contribution in [1.29, 1.82) is 0 Å². The summed E-state index contributed by atoms with van der Waals surface area (Å²) in [5.41, 5.74) is 2.09. The quantitative estimate of drug-likeness (QED) is 0.446. The lowest BCUT2D eigenvalue weighted by Gasteiger charge is -2.24. The third-order valence-corrected chi connectivity index (χ3v) is 4.36. The summed E-state index contributed by atoms with van der Waals surface area (Å²) in [6.45, 7) is 5.56. The van der Waals surface area contributed by atoms with Gasteiger partial charge in [-0.3, -0.25) is 4.90 Å². The molecule has 130 valence electrons. The molecule has 2 aromatic carbocycles. The third-order valence-electron chi connectivity index (χ3n) is 3.69. The van der Waals surface area contributed by atoms with E-state index in [0.717, 1.165) is 31.6 Å². The lowest BCUT2D eigenvalue weighted by atomic mass is 10.1. The molecule has 0 saturated carbocycles. The summed E-state index contributed by atoms with van der Waals surface area (Å²) in [7, 11) is 1.70. The molecule has 0 aliphatic rings. The Bertz CT molecular complexity index is 907. The average molecular weight is 449 g/mol. The fourth-order valence-electron chi connectivity index (χ4n) is 2.43. The Morgan fingerprint density at radius 1 is 1.08 bits per heavy atom. The predicted molar refractivity (Wildman–Crippen MR) is 109 cm³/mol. The highest BCUT2D eigenvalue weighted by atomic mass is 127. The number of carbonyl (C=O) groups excluding carboxylic acids is 1. The van der Waals surface area contributed by atoms with Crippen LogP contribution in [0.1, 0.15) is 20.8 Å². The number of benzene rings is 2. The number of hydrogen-bond donors (Lipinski definition) is 0. The average Bonchev–Trinajstić information content (AvgIpc) is 2.95. The Balaban J connectivity index is 1.82. The molecule has 0 fully saturated rings. The number of anilines is 1. The van der Waals surface area contributed by atoms with Gasteiger partial charge in [0.1, 0.15) is 16.9 Å². The molecular weight excluding hydrogens is 429 g/mol. The van der Waals surface area contributed by atoms with Gasteiger partial charge in [0.15, 0.2) is 0 Å². The fraction of sp³-hybridized carbons (Fsp3) is 0.250. The van der Waals surface area contributed by atoms with Gasteiger partial charge in [-0.2, -0.15) is 0 Å². The van der Waals surface area contributed by atoms with Crippen LogP contribution in [0.15, 0.2) is 52.9 Å². The van der Waals surface area contributed by atoms with E-state index in [4.69, 9.17) is 9.15 Å². The van der Waals surface area contributed by atoms with Crippen LogP contribution in [-0.2, 0) is 4.74 Å². The van der Waals surface area contributed by atoms with Gasteiger partial charge in [0.2, 0.25) is 0 Å². The summed E-state index contributed by atoms with van der Waals surface area (Å²) in [4.78, 5) is 13.6.